The van der Waals surface area contributed by atoms with Crippen LogP contribution >= 0.6 is 0 Å². The fourth-order valence-corrected chi connectivity index (χ4v) is 2.55. The topological polar surface area (TPSA) is 49.1 Å². The number of hydrogen-bond acceptors (Lipinski definition) is 4. The Labute approximate surface area is 161 Å². The summed E-state index contributed by atoms with van der Waals surface area (Å²) in [6, 6.07) is 9.03. The standard InChI is InChI=1S/C19H11F6N3O/c20-18(21,22)14-4-8-17(27-10-14)29-15-5-2-13(3-6-15)16-7-1-12(9-26)11-28(16)19(23,24)25/h1-8,10H,11H2. The molecule has 3 rings (SSSR count). The molecule has 4 nitrogen and oxygen atoms in total. The van der Waals surface area contributed by atoms with E-state index in [-0.39, 0.29) is 33.4 Å². The molecule has 0 aliphatic carbocycles. The molecule has 0 saturated carbocycles. The number of hydrogen-bond donors (Lipinski definition) is 0. The first-order valence-corrected chi connectivity index (χ1v) is 8.05. The molecule has 2 heterocycles. The van der Waals surface area contributed by atoms with Gasteiger partial charge in [-0.05, 0) is 48.0 Å². The molecule has 1 aliphatic rings. The summed E-state index contributed by atoms with van der Waals surface area (Å²) in [5, 5.41) is 8.84. The van der Waals surface area contributed by atoms with E-state index in [0.29, 0.717) is 6.20 Å². The molecular formula is C19H11F6N3O. The maximum absolute atomic E-state index is 13.3. The van der Waals surface area contributed by atoms with Crippen molar-refractivity contribution >= 4 is 5.70 Å². The second kappa shape index (κ2) is 7.50. The third kappa shape index (κ3) is 4.68. The number of benzene rings is 1. The molecular weight excluding hydrogens is 400 g/mol. The number of pyridine rings is 1. The van der Waals surface area contributed by atoms with Gasteiger partial charge in [0.05, 0.1) is 23.9 Å². The summed E-state index contributed by atoms with van der Waals surface area (Å²) in [5.41, 5.74) is -0.875. The first kappa shape index (κ1) is 20.3. The largest absolute Gasteiger partial charge is 0.485 e. The minimum absolute atomic E-state index is 0.0283. The normalized spacial score (nSPS) is 14.7. The van der Waals surface area contributed by atoms with Gasteiger partial charge >= 0.3 is 12.5 Å². The molecule has 0 saturated heterocycles. The summed E-state index contributed by atoms with van der Waals surface area (Å²) in [6.07, 6.45) is -6.07. The minimum atomic E-state index is -4.68. The first-order valence-electron chi connectivity index (χ1n) is 8.05. The van der Waals surface area contributed by atoms with E-state index < -0.39 is 24.6 Å². The van der Waals surface area contributed by atoms with Crippen molar-refractivity contribution in [1.82, 2.24) is 9.88 Å². The van der Waals surface area contributed by atoms with Gasteiger partial charge < -0.3 is 4.74 Å². The number of nitrogens with zero attached hydrogens (tertiary/aromatic N) is 3. The summed E-state index contributed by atoms with van der Waals surface area (Å²) in [5.74, 6) is 0.0883. The van der Waals surface area contributed by atoms with Crippen LogP contribution in [-0.4, -0.2) is 22.7 Å². The molecule has 150 valence electrons. The summed E-state index contributed by atoms with van der Waals surface area (Å²) < 4.78 is 82.9. The molecule has 29 heavy (non-hydrogen) atoms. The zero-order valence-electron chi connectivity index (χ0n) is 14.4. The van der Waals surface area contributed by atoms with Crippen molar-refractivity contribution in [2.75, 3.05) is 6.54 Å². The van der Waals surface area contributed by atoms with E-state index in [0.717, 1.165) is 12.1 Å². The van der Waals surface area contributed by atoms with Crippen molar-refractivity contribution < 1.29 is 31.1 Å². The van der Waals surface area contributed by atoms with Crippen molar-refractivity contribution in [3.05, 3.63) is 71.4 Å². The average molecular weight is 411 g/mol. The van der Waals surface area contributed by atoms with Gasteiger partial charge in [0, 0.05) is 17.8 Å². The predicted molar refractivity (Wildman–Crippen MR) is 90.2 cm³/mol. The lowest BCUT2D eigenvalue weighted by Gasteiger charge is -2.31. The molecule has 1 aliphatic heterocycles. The van der Waals surface area contributed by atoms with E-state index in [9.17, 15) is 26.3 Å². The van der Waals surface area contributed by atoms with Gasteiger partial charge in [-0.3, -0.25) is 4.90 Å². The number of rotatable bonds is 3. The molecule has 1 aromatic heterocycles. The van der Waals surface area contributed by atoms with Gasteiger partial charge in [0.25, 0.3) is 0 Å². The molecule has 0 spiro atoms. The summed E-state index contributed by atoms with van der Waals surface area (Å²) in [4.78, 5) is 3.72. The van der Waals surface area contributed by atoms with Gasteiger partial charge in [-0.15, -0.1) is 0 Å². The number of allylic oxidation sites excluding steroid dienone is 2. The number of aromatic nitrogens is 1. The quantitative estimate of drug-likeness (QED) is 0.493. The van der Waals surface area contributed by atoms with Crippen LogP contribution < -0.4 is 4.74 Å². The summed E-state index contributed by atoms with van der Waals surface area (Å²) in [7, 11) is 0. The fraction of sp³-hybridized carbons (Fsp3) is 0.158. The molecule has 0 unspecified atom stereocenters. The SMILES string of the molecule is N#CC1=CC=C(c2ccc(Oc3ccc(C(F)(F)F)cn3)cc2)N(C(F)(F)F)C1. The van der Waals surface area contributed by atoms with Crippen molar-refractivity contribution in [3.63, 3.8) is 0 Å². The van der Waals surface area contributed by atoms with Gasteiger partial charge in [0.2, 0.25) is 5.88 Å². The number of alkyl halides is 6. The Morgan fingerprint density at radius 2 is 1.66 bits per heavy atom. The van der Waals surface area contributed by atoms with Crippen LogP contribution in [0.2, 0.25) is 0 Å². The Kier molecular flexibility index (Phi) is 5.24. The maximum Gasteiger partial charge on any atom is 0.485 e. The second-order valence-electron chi connectivity index (χ2n) is 5.92. The van der Waals surface area contributed by atoms with Gasteiger partial charge in [0.15, 0.2) is 0 Å². The zero-order chi connectivity index (χ0) is 21.2. The number of ether oxygens (including phenoxy) is 1. The lowest BCUT2D eigenvalue weighted by atomic mass is 10.1. The van der Waals surface area contributed by atoms with Gasteiger partial charge in [0.1, 0.15) is 5.75 Å². The third-order valence-electron chi connectivity index (χ3n) is 3.95. The van der Waals surface area contributed by atoms with Crippen LogP contribution in [0.3, 0.4) is 0 Å². The molecule has 0 amide bonds. The molecule has 10 heteroatoms. The van der Waals surface area contributed by atoms with E-state index in [1.807, 2.05) is 0 Å². The van der Waals surface area contributed by atoms with E-state index in [1.54, 1.807) is 6.07 Å². The Morgan fingerprint density at radius 3 is 2.17 bits per heavy atom. The Balaban J connectivity index is 1.80. The average Bonchev–Trinajstić information content (AvgIpc) is 2.67. The predicted octanol–water partition coefficient (Wildman–Crippen LogP) is 5.52. The fourth-order valence-electron chi connectivity index (χ4n) is 2.55. The van der Waals surface area contributed by atoms with Crippen LogP contribution in [0.5, 0.6) is 11.6 Å². The molecule has 0 N–H and O–H groups in total. The number of halogens is 6. The maximum atomic E-state index is 13.3. The highest BCUT2D eigenvalue weighted by Crippen LogP contribution is 2.35. The highest BCUT2D eigenvalue weighted by atomic mass is 19.4. The highest BCUT2D eigenvalue weighted by Gasteiger charge is 2.40. The van der Waals surface area contributed by atoms with Crippen molar-refractivity contribution in [2.24, 2.45) is 0 Å². The third-order valence-corrected chi connectivity index (χ3v) is 3.95. The summed E-state index contributed by atoms with van der Waals surface area (Å²) >= 11 is 0. The van der Waals surface area contributed by atoms with Crippen LogP contribution in [-0.2, 0) is 6.18 Å². The van der Waals surface area contributed by atoms with Crippen LogP contribution in [0.15, 0.2) is 60.3 Å². The van der Waals surface area contributed by atoms with Gasteiger partial charge in [-0.2, -0.15) is 31.6 Å². The monoisotopic (exact) mass is 411 g/mol. The van der Waals surface area contributed by atoms with Crippen molar-refractivity contribution in [1.29, 1.82) is 5.26 Å². The van der Waals surface area contributed by atoms with Crippen LogP contribution in [0.1, 0.15) is 11.1 Å². The molecule has 1 aromatic carbocycles. The molecule has 0 fully saturated rings. The minimum Gasteiger partial charge on any atom is -0.439 e. The number of nitriles is 1. The van der Waals surface area contributed by atoms with Gasteiger partial charge in [-0.1, -0.05) is 0 Å². The Morgan fingerprint density at radius 1 is 0.966 bits per heavy atom. The van der Waals surface area contributed by atoms with E-state index >= 15 is 0 Å². The van der Waals surface area contributed by atoms with Crippen LogP contribution in [0, 0.1) is 11.3 Å². The summed E-state index contributed by atoms with van der Waals surface area (Å²) in [6.45, 7) is -0.598. The van der Waals surface area contributed by atoms with Crippen molar-refractivity contribution in [2.45, 2.75) is 12.5 Å². The molecule has 0 bridgehead atoms. The highest BCUT2D eigenvalue weighted by molar-refractivity contribution is 5.69. The smallest absolute Gasteiger partial charge is 0.439 e. The zero-order valence-corrected chi connectivity index (χ0v) is 14.4. The van der Waals surface area contributed by atoms with Crippen molar-refractivity contribution in [3.8, 4) is 17.7 Å². The first-order chi connectivity index (χ1) is 13.6. The van der Waals surface area contributed by atoms with Gasteiger partial charge in [-0.25, -0.2) is 4.98 Å². The molecule has 0 atom stereocenters. The van der Waals surface area contributed by atoms with Crippen LogP contribution in [0.25, 0.3) is 5.70 Å². The lowest BCUT2D eigenvalue weighted by Crippen LogP contribution is -2.38. The van der Waals surface area contributed by atoms with Crippen LogP contribution in [0.4, 0.5) is 26.3 Å². The molecule has 0 radical (unpaired) electrons. The Hall–Kier alpha value is -3.48. The second-order valence-corrected chi connectivity index (χ2v) is 5.92. The van der Waals surface area contributed by atoms with E-state index in [4.69, 9.17) is 10.00 Å². The Bertz CT molecular complexity index is 983. The molecule has 2 aromatic rings. The van der Waals surface area contributed by atoms with E-state index in [2.05, 4.69) is 4.98 Å². The lowest BCUT2D eigenvalue weighted by molar-refractivity contribution is -0.219. The van der Waals surface area contributed by atoms with E-state index in [1.165, 1.54) is 36.4 Å².